The van der Waals surface area contributed by atoms with Crippen LogP contribution in [0.1, 0.15) is 116 Å². The van der Waals surface area contributed by atoms with E-state index in [1.807, 2.05) is 0 Å². The van der Waals surface area contributed by atoms with Gasteiger partial charge < -0.3 is 37.9 Å². The fraction of sp³-hybridized carbons (Fsp3) is 0.200. The van der Waals surface area contributed by atoms with Gasteiger partial charge in [0.1, 0.15) is 40.2 Å². The standard InChI is InChI=1S/C60H40N8O24/c1-5-27-30-11-26-9-10-45(30)85-52-15-37(61(69)70)38(62(71)72)16-53(52)86-46-23-47-32(12-31(27)46)28(6-2)33-13-34-29(7-3)35-14-36-51(91-58-21-43(67(81)82)44(68(83)84)22-59(58)92-60(26,36)8-4)25-50(35)90-57-20-42(66(79)80)41(65(77)78)19-56(57)89-49(34)24-48(33)88-55-18-40(64(75)76)39(63(73)74)17-54(55)87-47/h9-25,27-29H,5-8H2,1-4H3/t27-,28?,29-,60-/m0/s1. The SMILES string of the molecule is CCC1c2cc3c4cc2Oc2cc([N+](=O)[O-])c([N+](=O)[O-])cc2Oc2cc5c(cc21)[C@H](CC)c1cc2c(cc1Oc1cc([N+](=O)[O-])c([N+](=O)[O-])cc1O5)Oc1cc([N+](=O)[O-])c([N+](=O)[O-])cc1O[C@@]2(CC)c1ccc(c(c1)[C@@H]3CC)Oc1cc([N+](=O)[O-])c([N+](=O)[O-])cc1O4. The number of nitro groups is 8. The molecule has 0 fully saturated rings. The van der Waals surface area contributed by atoms with E-state index in [9.17, 15) is 80.9 Å². The minimum Gasteiger partial charge on any atom is -0.473 e. The van der Waals surface area contributed by atoms with Gasteiger partial charge in [-0.15, -0.1) is 0 Å². The van der Waals surface area contributed by atoms with Gasteiger partial charge in [-0.1, -0.05) is 33.8 Å². The van der Waals surface area contributed by atoms with E-state index < -0.39 is 148 Å². The van der Waals surface area contributed by atoms with Crippen molar-refractivity contribution < 1.29 is 77.3 Å². The van der Waals surface area contributed by atoms with E-state index in [2.05, 4.69) is 0 Å². The van der Waals surface area contributed by atoms with Crippen LogP contribution < -0.4 is 37.9 Å². The molecule has 32 heteroatoms. The third kappa shape index (κ3) is 9.12. The highest BCUT2D eigenvalue weighted by Crippen LogP contribution is 2.61. The number of benzene rings is 8. The van der Waals surface area contributed by atoms with Gasteiger partial charge in [-0.2, -0.15) is 0 Å². The smallest absolute Gasteiger partial charge is 0.350 e. The van der Waals surface area contributed by atoms with Gasteiger partial charge >= 0.3 is 45.5 Å². The summed E-state index contributed by atoms with van der Waals surface area (Å²) in [7, 11) is 0. The topological polar surface area (TPSA) is 419 Å². The average Bonchev–Trinajstić information content (AvgIpc) is 1.45. The zero-order valence-corrected chi connectivity index (χ0v) is 47.8. The molecule has 0 saturated carbocycles. The molecule has 4 atom stereocenters. The lowest BCUT2D eigenvalue weighted by Crippen LogP contribution is -2.34. The highest BCUT2D eigenvalue weighted by molar-refractivity contribution is 5.73. The average molecular weight is 1260 g/mol. The van der Waals surface area contributed by atoms with Crippen molar-refractivity contribution in [1.29, 1.82) is 0 Å². The molecule has 0 N–H and O–H groups in total. The van der Waals surface area contributed by atoms with Gasteiger partial charge in [0, 0.05) is 80.5 Å². The summed E-state index contributed by atoms with van der Waals surface area (Å²) in [6, 6.07) is 20.0. The Morgan fingerprint density at radius 3 is 0.837 bits per heavy atom. The van der Waals surface area contributed by atoms with Gasteiger partial charge in [0.25, 0.3) is 0 Å². The first-order valence-electron chi connectivity index (χ1n) is 27.9. The molecule has 13 rings (SSSR count). The van der Waals surface area contributed by atoms with E-state index in [4.69, 9.17) is 37.9 Å². The first kappa shape index (κ1) is 58.4. The Morgan fingerprint density at radius 1 is 0.293 bits per heavy atom. The molecule has 8 aromatic rings. The van der Waals surface area contributed by atoms with Crippen LogP contribution in [0.15, 0.2) is 103 Å². The Kier molecular flexibility index (Phi) is 13.5. The number of hydrogen-bond acceptors (Lipinski definition) is 24. The fourth-order valence-corrected chi connectivity index (χ4v) is 12.7. The fourth-order valence-electron chi connectivity index (χ4n) is 12.7. The van der Waals surface area contributed by atoms with Crippen molar-refractivity contribution in [3.8, 4) is 86.2 Å². The van der Waals surface area contributed by atoms with Crippen LogP contribution in [0.4, 0.5) is 45.5 Å². The van der Waals surface area contributed by atoms with Crippen molar-refractivity contribution in [2.75, 3.05) is 0 Å². The molecule has 5 aliphatic rings. The van der Waals surface area contributed by atoms with Gasteiger partial charge in [-0.05, 0) is 56.0 Å². The normalized spacial score (nSPS) is 17.1. The van der Waals surface area contributed by atoms with Gasteiger partial charge in [-0.25, -0.2) is 0 Å². The van der Waals surface area contributed by atoms with Crippen molar-refractivity contribution in [2.24, 2.45) is 0 Å². The van der Waals surface area contributed by atoms with Crippen LogP contribution in [0, 0.1) is 80.9 Å². The zero-order valence-electron chi connectivity index (χ0n) is 47.8. The molecule has 4 aliphatic heterocycles. The molecule has 0 spiro atoms. The lowest BCUT2D eigenvalue weighted by molar-refractivity contribution is -0.422. The van der Waals surface area contributed by atoms with Crippen LogP contribution in [0.5, 0.6) is 86.2 Å². The highest BCUT2D eigenvalue weighted by Gasteiger charge is 2.47. The third-order valence-electron chi connectivity index (χ3n) is 16.8. The van der Waals surface area contributed by atoms with Crippen molar-refractivity contribution in [2.45, 2.75) is 76.7 Å². The lowest BCUT2D eigenvalue weighted by atomic mass is 9.76. The molecule has 1 unspecified atom stereocenters. The summed E-state index contributed by atoms with van der Waals surface area (Å²) in [5.41, 5.74) is -8.01. The highest BCUT2D eigenvalue weighted by atomic mass is 16.7. The van der Waals surface area contributed by atoms with E-state index in [1.54, 1.807) is 58.0 Å². The Balaban J connectivity index is 1.23. The minimum atomic E-state index is -1.93. The molecular formula is C60H40N8O24. The van der Waals surface area contributed by atoms with Crippen molar-refractivity contribution in [1.82, 2.24) is 0 Å². The summed E-state index contributed by atoms with van der Waals surface area (Å²) in [4.78, 5) is 93.4. The number of fused-ring (bicyclic) bond motifs is 6. The monoisotopic (exact) mass is 1260 g/mol. The summed E-state index contributed by atoms with van der Waals surface area (Å²) < 4.78 is 53.9. The van der Waals surface area contributed by atoms with Gasteiger partial charge in [0.05, 0.1) is 87.9 Å². The van der Waals surface area contributed by atoms with Crippen LogP contribution in [0.25, 0.3) is 0 Å². The van der Waals surface area contributed by atoms with Crippen molar-refractivity contribution in [3.05, 3.63) is 229 Å². The lowest BCUT2D eigenvalue weighted by Gasteiger charge is -2.36. The maximum absolute atomic E-state index is 12.7. The van der Waals surface area contributed by atoms with Crippen molar-refractivity contribution >= 4 is 45.5 Å². The van der Waals surface area contributed by atoms with Crippen LogP contribution in [-0.4, -0.2) is 39.4 Å². The van der Waals surface area contributed by atoms with Gasteiger partial charge in [0.15, 0.2) is 51.6 Å². The Morgan fingerprint density at radius 2 is 0.543 bits per heavy atom. The van der Waals surface area contributed by atoms with Crippen LogP contribution >= 0.6 is 0 Å². The molecule has 0 aromatic heterocycles. The molecule has 0 saturated heterocycles. The van der Waals surface area contributed by atoms with E-state index in [-0.39, 0.29) is 105 Å². The van der Waals surface area contributed by atoms with E-state index in [0.29, 0.717) is 11.1 Å². The molecule has 0 radical (unpaired) electrons. The number of ether oxygens (including phenoxy) is 8. The molecule has 8 aromatic carbocycles. The van der Waals surface area contributed by atoms with E-state index >= 15 is 0 Å². The van der Waals surface area contributed by atoms with Gasteiger partial charge in [-0.3, -0.25) is 80.9 Å². The third-order valence-corrected chi connectivity index (χ3v) is 16.8. The van der Waals surface area contributed by atoms with Crippen molar-refractivity contribution in [3.63, 3.8) is 0 Å². The minimum absolute atomic E-state index is 0.00182. The molecular weight excluding hydrogens is 1220 g/mol. The molecule has 4 heterocycles. The zero-order chi connectivity index (χ0) is 65.3. The largest absolute Gasteiger partial charge is 0.473 e. The maximum atomic E-state index is 12.7. The maximum Gasteiger partial charge on any atom is 0.350 e. The quantitative estimate of drug-likeness (QED) is 0.0809. The summed E-state index contributed by atoms with van der Waals surface area (Å²) in [6.07, 6.45) is 0.300. The summed E-state index contributed by atoms with van der Waals surface area (Å²) in [5.74, 6) is -7.24. The Bertz CT molecular complexity index is 4750. The van der Waals surface area contributed by atoms with Crippen LogP contribution in [0.3, 0.4) is 0 Å². The van der Waals surface area contributed by atoms with Crippen LogP contribution in [-0.2, 0) is 5.60 Å². The predicted molar refractivity (Wildman–Crippen MR) is 313 cm³/mol. The molecule has 1 aliphatic carbocycles. The number of rotatable bonds is 12. The number of nitro benzene ring substituents is 8. The molecule has 464 valence electrons. The predicted octanol–water partition coefficient (Wildman–Crippen LogP) is 16.4. The second-order valence-corrected chi connectivity index (χ2v) is 21.6. The summed E-state index contributed by atoms with van der Waals surface area (Å²) >= 11 is 0. The summed E-state index contributed by atoms with van der Waals surface area (Å²) in [6.45, 7) is 7.07. The molecule has 32 nitrogen and oxygen atoms in total. The first-order chi connectivity index (χ1) is 43.9. The van der Waals surface area contributed by atoms with E-state index in [0.717, 1.165) is 48.5 Å². The van der Waals surface area contributed by atoms with Crippen LogP contribution in [0.2, 0.25) is 0 Å². The van der Waals surface area contributed by atoms with E-state index in [1.165, 1.54) is 24.3 Å². The second kappa shape index (κ2) is 21.3. The second-order valence-electron chi connectivity index (χ2n) is 21.6. The molecule has 92 heavy (non-hydrogen) atoms. The summed E-state index contributed by atoms with van der Waals surface area (Å²) in [5, 5.41) is 101. The Hall–Kier alpha value is -12.6. The number of nitrogens with zero attached hydrogens (tertiary/aromatic N) is 8. The Labute approximate surface area is 512 Å². The first-order valence-corrected chi connectivity index (χ1v) is 27.9. The van der Waals surface area contributed by atoms with Gasteiger partial charge in [0.2, 0.25) is 0 Å². The molecule has 8 bridgehead atoms. The number of hydrogen-bond donors (Lipinski definition) is 0. The molecule has 0 amide bonds.